The number of hydrogen-bond acceptors (Lipinski definition) is 0. The van der Waals surface area contributed by atoms with Gasteiger partial charge in [0.2, 0.25) is 0 Å². The Bertz CT molecular complexity index is 3530. The van der Waals surface area contributed by atoms with Gasteiger partial charge in [0.15, 0.2) is 0 Å². The van der Waals surface area contributed by atoms with Crippen molar-refractivity contribution in [3.8, 4) is 39.1 Å². The van der Waals surface area contributed by atoms with Crippen LogP contribution < -0.4 is 0 Å². The summed E-state index contributed by atoms with van der Waals surface area (Å²) in [5.74, 6) is 0.202. The number of benzene rings is 8. The van der Waals surface area contributed by atoms with E-state index in [9.17, 15) is 0 Å². The Morgan fingerprint density at radius 1 is 0.500 bits per heavy atom. The summed E-state index contributed by atoms with van der Waals surface area (Å²) in [5.41, 5.74) is 22.0. The van der Waals surface area contributed by atoms with Crippen molar-refractivity contribution in [1.29, 1.82) is 0 Å². The molecule has 64 heavy (non-hydrogen) atoms. The predicted molar refractivity (Wildman–Crippen MR) is 265 cm³/mol. The molecule has 1 aromatic heterocycles. The van der Waals surface area contributed by atoms with Gasteiger partial charge in [0.05, 0.1) is 21.9 Å². The van der Waals surface area contributed by atoms with Crippen molar-refractivity contribution in [2.75, 3.05) is 0 Å². The average Bonchev–Trinajstić information content (AvgIpc) is 3.94. The number of para-hydroxylation sites is 3. The van der Waals surface area contributed by atoms with E-state index in [1.165, 1.54) is 99.8 Å². The molecule has 14 rings (SSSR count). The third-order valence-corrected chi connectivity index (χ3v) is 16.0. The molecule has 0 amide bonds. The smallest absolute Gasteiger partial charge is 0.0688 e. The summed E-state index contributed by atoms with van der Waals surface area (Å²) in [7, 11) is 0. The maximum atomic E-state index is 2.55. The van der Waals surface area contributed by atoms with Gasteiger partial charge in [-0.1, -0.05) is 213 Å². The summed E-state index contributed by atoms with van der Waals surface area (Å²) >= 11 is 0. The number of hydrogen-bond donors (Lipinski definition) is 0. The first-order valence-corrected chi connectivity index (χ1v) is 23.0. The first kappa shape index (κ1) is 36.0. The number of rotatable bonds is 3. The molecule has 3 atom stereocenters. The van der Waals surface area contributed by atoms with E-state index in [0.29, 0.717) is 0 Å². The van der Waals surface area contributed by atoms with E-state index in [1.807, 2.05) is 0 Å². The fraction of sp³-hybridized carbons (Fsp3) is 0.111. The van der Waals surface area contributed by atoms with Crippen molar-refractivity contribution in [1.82, 2.24) is 4.57 Å². The van der Waals surface area contributed by atoms with Crippen LogP contribution >= 0.6 is 0 Å². The van der Waals surface area contributed by atoms with Gasteiger partial charge in [0.25, 0.3) is 0 Å². The van der Waals surface area contributed by atoms with Gasteiger partial charge >= 0.3 is 0 Å². The monoisotopic (exact) mass is 815 g/mol. The molecule has 302 valence electrons. The van der Waals surface area contributed by atoms with Crippen molar-refractivity contribution in [3.05, 3.63) is 269 Å². The van der Waals surface area contributed by atoms with E-state index in [0.717, 1.165) is 12.8 Å². The first-order chi connectivity index (χ1) is 31.6. The highest BCUT2D eigenvalue weighted by atomic mass is 15.0. The lowest BCUT2D eigenvalue weighted by atomic mass is 9.48. The standard InChI is InChI=1S/C63H45N/c1-61-40-16-15-35-58(61)62(53-30-11-10-29-52(53)61)54-31-12-13-32-55(54)63(50-27-8-5-21-46(50)47-22-6-9-28-51(47)63)59-44(24-18-33-56(59)62)41-36-38-42(39-37-41)45-25-17-26-49-48-23-7-14-34-57(48)64(60(45)49)43-19-3-2-4-20-43/h2-12,14-31,33-40,58H,13,32H2,1H3. The number of fused-ring (bicyclic) bond motifs is 18. The molecule has 1 heterocycles. The van der Waals surface area contributed by atoms with Crippen LogP contribution in [0, 0.1) is 5.92 Å². The molecule has 0 fully saturated rings. The second-order valence-electron chi connectivity index (χ2n) is 18.7. The maximum absolute atomic E-state index is 2.55. The topological polar surface area (TPSA) is 4.93 Å². The van der Waals surface area contributed by atoms with Crippen LogP contribution in [-0.2, 0) is 16.2 Å². The average molecular weight is 816 g/mol. The van der Waals surface area contributed by atoms with Gasteiger partial charge in [-0.25, -0.2) is 0 Å². The van der Waals surface area contributed by atoms with Crippen LogP contribution in [0.25, 0.3) is 60.9 Å². The van der Waals surface area contributed by atoms with E-state index in [2.05, 4.69) is 236 Å². The molecule has 0 radical (unpaired) electrons. The lowest BCUT2D eigenvalue weighted by Gasteiger charge is -2.54. The van der Waals surface area contributed by atoms with Crippen molar-refractivity contribution in [2.24, 2.45) is 5.92 Å². The summed E-state index contributed by atoms with van der Waals surface area (Å²) in [5, 5.41) is 2.54. The molecule has 8 aromatic carbocycles. The molecule has 0 saturated heterocycles. The zero-order valence-electron chi connectivity index (χ0n) is 35.8. The summed E-state index contributed by atoms with van der Waals surface area (Å²) in [4.78, 5) is 0. The highest BCUT2D eigenvalue weighted by Crippen LogP contribution is 2.72. The second-order valence-corrected chi connectivity index (χ2v) is 18.7. The van der Waals surface area contributed by atoms with Crippen molar-refractivity contribution >= 4 is 21.8 Å². The minimum atomic E-state index is -0.465. The van der Waals surface area contributed by atoms with Gasteiger partial charge in [0.1, 0.15) is 0 Å². The Morgan fingerprint density at radius 2 is 1.09 bits per heavy atom. The number of allylic oxidation sites excluding steroid dienone is 8. The summed E-state index contributed by atoms with van der Waals surface area (Å²) < 4.78 is 2.45. The molecular formula is C63H45N. The van der Waals surface area contributed by atoms with Crippen LogP contribution in [0.4, 0.5) is 0 Å². The summed E-state index contributed by atoms with van der Waals surface area (Å²) in [6, 6.07) is 71.4. The van der Waals surface area contributed by atoms with Gasteiger partial charge in [-0.3, -0.25) is 0 Å². The molecular weight excluding hydrogens is 771 g/mol. The zero-order valence-corrected chi connectivity index (χ0v) is 35.8. The van der Waals surface area contributed by atoms with Crippen molar-refractivity contribution in [3.63, 3.8) is 0 Å². The highest BCUT2D eigenvalue weighted by Gasteiger charge is 2.65. The highest BCUT2D eigenvalue weighted by molar-refractivity contribution is 6.14. The van der Waals surface area contributed by atoms with Crippen LogP contribution in [0.2, 0.25) is 0 Å². The molecule has 3 unspecified atom stereocenters. The second kappa shape index (κ2) is 13.0. The van der Waals surface area contributed by atoms with Crippen molar-refractivity contribution < 1.29 is 0 Å². The van der Waals surface area contributed by atoms with Gasteiger partial charge in [-0.05, 0) is 103 Å². The van der Waals surface area contributed by atoms with E-state index in [4.69, 9.17) is 0 Å². The molecule has 1 nitrogen and oxygen atoms in total. The third-order valence-electron chi connectivity index (χ3n) is 16.0. The Morgan fingerprint density at radius 3 is 1.88 bits per heavy atom. The molecule has 5 aliphatic rings. The Balaban J connectivity index is 1.07. The zero-order chi connectivity index (χ0) is 42.2. The van der Waals surface area contributed by atoms with Crippen LogP contribution in [0.15, 0.2) is 236 Å². The molecule has 0 N–H and O–H groups in total. The molecule has 1 heteroatoms. The van der Waals surface area contributed by atoms with E-state index in [1.54, 1.807) is 5.57 Å². The molecule has 9 aromatic rings. The molecule has 0 aliphatic heterocycles. The van der Waals surface area contributed by atoms with Crippen LogP contribution in [0.3, 0.4) is 0 Å². The first-order valence-electron chi connectivity index (χ1n) is 23.0. The molecule has 2 spiro atoms. The summed E-state index contributed by atoms with van der Waals surface area (Å²) in [6.07, 6.45) is 16.7. The quantitative estimate of drug-likeness (QED) is 0.167. The van der Waals surface area contributed by atoms with E-state index in [-0.39, 0.29) is 16.7 Å². The Kier molecular flexibility index (Phi) is 7.34. The Hall–Kier alpha value is -7.48. The SMILES string of the molecule is CC12C=CC=CC1C1(C3=C(CCC=C3)C3(c4ccccc4-c4ccccc43)c3c(-c4ccc(-c5cccc6c7ccccc7n(-c7ccccc7)c56)cc4)cccc31)c1ccccc12. The fourth-order valence-electron chi connectivity index (χ4n) is 13.7. The molecule has 0 saturated carbocycles. The van der Waals surface area contributed by atoms with Crippen LogP contribution in [-0.4, -0.2) is 4.57 Å². The largest absolute Gasteiger partial charge is 0.309 e. The number of aromatic nitrogens is 1. The Labute approximate surface area is 374 Å². The van der Waals surface area contributed by atoms with Gasteiger partial charge in [0, 0.05) is 33.4 Å². The normalized spacial score (nSPS) is 21.5. The lowest BCUT2D eigenvalue weighted by molar-refractivity contribution is 0.351. The minimum absolute atomic E-state index is 0.164. The van der Waals surface area contributed by atoms with Gasteiger partial charge in [-0.15, -0.1) is 0 Å². The van der Waals surface area contributed by atoms with Crippen LogP contribution in [0.5, 0.6) is 0 Å². The van der Waals surface area contributed by atoms with Gasteiger partial charge < -0.3 is 4.57 Å². The lowest BCUT2D eigenvalue weighted by Crippen LogP contribution is -2.49. The maximum Gasteiger partial charge on any atom is 0.0688 e. The van der Waals surface area contributed by atoms with E-state index < -0.39 is 5.41 Å². The summed E-state index contributed by atoms with van der Waals surface area (Å²) in [6.45, 7) is 2.49. The van der Waals surface area contributed by atoms with Crippen molar-refractivity contribution in [2.45, 2.75) is 36.0 Å². The third kappa shape index (κ3) is 4.35. The van der Waals surface area contributed by atoms with Gasteiger partial charge in [-0.2, -0.15) is 0 Å². The fourth-order valence-corrected chi connectivity index (χ4v) is 13.7. The molecule has 0 bridgehead atoms. The minimum Gasteiger partial charge on any atom is -0.309 e. The van der Waals surface area contributed by atoms with E-state index >= 15 is 0 Å². The van der Waals surface area contributed by atoms with Crippen LogP contribution in [0.1, 0.15) is 53.1 Å². The predicted octanol–water partition coefficient (Wildman–Crippen LogP) is 15.4. The number of nitrogens with zero attached hydrogens (tertiary/aromatic N) is 1. The molecule has 5 aliphatic carbocycles.